The van der Waals surface area contributed by atoms with E-state index in [-0.39, 0.29) is 0 Å². The van der Waals surface area contributed by atoms with E-state index in [9.17, 15) is 0 Å². The molecule has 1 aliphatic heterocycles. The number of nitrogens with one attached hydrogen (secondary N) is 1. The van der Waals surface area contributed by atoms with E-state index in [2.05, 4.69) is 21.8 Å². The van der Waals surface area contributed by atoms with Crippen molar-refractivity contribution in [3.63, 3.8) is 0 Å². The molecule has 1 atom stereocenters. The maximum atomic E-state index is 5.76. The molecule has 0 radical (unpaired) electrons. The molecule has 1 aromatic rings. The topological polar surface area (TPSA) is 50.4 Å². The zero-order chi connectivity index (χ0) is 14.2. The lowest BCUT2D eigenvalue weighted by molar-refractivity contribution is -0.0435. The summed E-state index contributed by atoms with van der Waals surface area (Å²) in [4.78, 5) is 10.3. The summed E-state index contributed by atoms with van der Waals surface area (Å²) in [6.45, 7) is 6.69. The largest absolute Gasteiger partial charge is 0.385 e. The molecule has 0 saturated carbocycles. The van der Waals surface area contributed by atoms with Crippen LogP contribution in [0.25, 0.3) is 0 Å². The minimum Gasteiger partial charge on any atom is -0.385 e. The maximum Gasteiger partial charge on any atom is 0.106 e. The van der Waals surface area contributed by atoms with E-state index in [1.807, 2.05) is 6.20 Å². The molecule has 5 heteroatoms. The lowest BCUT2D eigenvalue weighted by Gasteiger charge is -2.32. The fourth-order valence-electron chi connectivity index (χ4n) is 2.55. The third-order valence-corrected chi connectivity index (χ3v) is 3.71. The SMILES string of the molecule is CCCCc1ncc(CN2CCOC(CCOC)C2)[nH]1. The van der Waals surface area contributed by atoms with Crippen molar-refractivity contribution in [2.75, 3.05) is 33.4 Å². The number of H-pyrrole nitrogens is 1. The van der Waals surface area contributed by atoms with E-state index < -0.39 is 0 Å². The van der Waals surface area contributed by atoms with Gasteiger partial charge in [-0.3, -0.25) is 4.90 Å². The summed E-state index contributed by atoms with van der Waals surface area (Å²) in [7, 11) is 1.74. The highest BCUT2D eigenvalue weighted by Gasteiger charge is 2.20. The molecule has 114 valence electrons. The van der Waals surface area contributed by atoms with Crippen molar-refractivity contribution >= 4 is 0 Å². The number of morpholine rings is 1. The Hall–Kier alpha value is -0.910. The number of imidazole rings is 1. The van der Waals surface area contributed by atoms with Gasteiger partial charge in [-0.05, 0) is 12.8 Å². The summed E-state index contributed by atoms with van der Waals surface area (Å²) < 4.78 is 10.9. The number of hydrogen-bond acceptors (Lipinski definition) is 4. The third kappa shape index (κ3) is 4.89. The van der Waals surface area contributed by atoms with E-state index in [4.69, 9.17) is 9.47 Å². The van der Waals surface area contributed by atoms with Crippen LogP contribution in [0.3, 0.4) is 0 Å². The monoisotopic (exact) mass is 281 g/mol. The van der Waals surface area contributed by atoms with Gasteiger partial charge in [0.1, 0.15) is 5.82 Å². The number of unbranched alkanes of at least 4 members (excludes halogenated alkanes) is 1. The van der Waals surface area contributed by atoms with Crippen molar-refractivity contribution in [1.82, 2.24) is 14.9 Å². The van der Waals surface area contributed by atoms with Crippen molar-refractivity contribution < 1.29 is 9.47 Å². The first-order valence-electron chi connectivity index (χ1n) is 7.67. The van der Waals surface area contributed by atoms with Gasteiger partial charge in [-0.2, -0.15) is 0 Å². The average Bonchev–Trinajstić information content (AvgIpc) is 2.91. The predicted molar refractivity (Wildman–Crippen MR) is 78.7 cm³/mol. The van der Waals surface area contributed by atoms with Crippen molar-refractivity contribution in [3.8, 4) is 0 Å². The Kier molecular flexibility index (Phi) is 6.50. The molecule has 1 N–H and O–H groups in total. The molecule has 1 unspecified atom stereocenters. The minimum absolute atomic E-state index is 0.297. The zero-order valence-electron chi connectivity index (χ0n) is 12.7. The van der Waals surface area contributed by atoms with Gasteiger partial charge in [-0.25, -0.2) is 4.98 Å². The van der Waals surface area contributed by atoms with Gasteiger partial charge < -0.3 is 14.5 Å². The molecule has 2 heterocycles. The van der Waals surface area contributed by atoms with Gasteiger partial charge in [-0.1, -0.05) is 13.3 Å². The number of nitrogens with zero attached hydrogens (tertiary/aromatic N) is 2. The molecule has 2 rings (SSSR count). The van der Waals surface area contributed by atoms with E-state index in [0.717, 1.165) is 51.5 Å². The van der Waals surface area contributed by atoms with Crippen LogP contribution in [0.5, 0.6) is 0 Å². The number of hydrogen-bond donors (Lipinski definition) is 1. The van der Waals surface area contributed by atoms with Gasteiger partial charge in [0.25, 0.3) is 0 Å². The van der Waals surface area contributed by atoms with Crippen LogP contribution in [0.1, 0.15) is 37.7 Å². The lowest BCUT2D eigenvalue weighted by Crippen LogP contribution is -2.42. The second-order valence-electron chi connectivity index (χ2n) is 5.47. The number of aromatic nitrogens is 2. The number of ether oxygens (including phenoxy) is 2. The van der Waals surface area contributed by atoms with Gasteiger partial charge >= 0.3 is 0 Å². The highest BCUT2D eigenvalue weighted by Crippen LogP contribution is 2.12. The quantitative estimate of drug-likeness (QED) is 0.792. The van der Waals surface area contributed by atoms with E-state index >= 15 is 0 Å². The first kappa shape index (κ1) is 15.5. The number of rotatable bonds is 8. The third-order valence-electron chi connectivity index (χ3n) is 3.71. The fraction of sp³-hybridized carbons (Fsp3) is 0.800. The maximum absolute atomic E-state index is 5.76. The molecule has 0 bridgehead atoms. The van der Waals surface area contributed by atoms with Gasteiger partial charge in [0.2, 0.25) is 0 Å². The molecule has 1 saturated heterocycles. The molecule has 0 aromatic carbocycles. The van der Waals surface area contributed by atoms with Crippen LogP contribution in [0.2, 0.25) is 0 Å². The molecular formula is C15H27N3O2. The van der Waals surface area contributed by atoms with E-state index in [1.54, 1.807) is 7.11 Å². The Bertz CT molecular complexity index is 381. The molecular weight excluding hydrogens is 254 g/mol. The second-order valence-corrected chi connectivity index (χ2v) is 5.47. The highest BCUT2D eigenvalue weighted by atomic mass is 16.5. The summed E-state index contributed by atoms with van der Waals surface area (Å²) in [5, 5.41) is 0. The van der Waals surface area contributed by atoms with Crippen LogP contribution in [0.4, 0.5) is 0 Å². The normalized spacial score (nSPS) is 20.4. The van der Waals surface area contributed by atoms with Crippen molar-refractivity contribution in [2.24, 2.45) is 0 Å². The van der Waals surface area contributed by atoms with E-state index in [1.165, 1.54) is 18.5 Å². The molecule has 1 aromatic heterocycles. The summed E-state index contributed by atoms with van der Waals surface area (Å²) in [6.07, 6.45) is 6.70. The first-order valence-corrected chi connectivity index (χ1v) is 7.67. The standard InChI is InChI=1S/C15H27N3O2/c1-3-4-5-15-16-10-13(17-15)11-18-7-9-20-14(12-18)6-8-19-2/h10,14H,3-9,11-12H2,1-2H3,(H,16,17). The zero-order valence-corrected chi connectivity index (χ0v) is 12.7. The van der Waals surface area contributed by atoms with E-state index in [0.29, 0.717) is 6.10 Å². The van der Waals surface area contributed by atoms with Gasteiger partial charge in [-0.15, -0.1) is 0 Å². The van der Waals surface area contributed by atoms with Crippen molar-refractivity contribution in [3.05, 3.63) is 17.7 Å². The molecule has 0 aliphatic carbocycles. The predicted octanol–water partition coefficient (Wildman–Crippen LogP) is 1.99. The summed E-state index contributed by atoms with van der Waals surface area (Å²) in [5.74, 6) is 1.12. The van der Waals surface area contributed by atoms with Crippen molar-refractivity contribution in [2.45, 2.75) is 45.3 Å². The van der Waals surface area contributed by atoms with Crippen LogP contribution in [0.15, 0.2) is 6.20 Å². The highest BCUT2D eigenvalue weighted by molar-refractivity contribution is 5.01. The molecule has 1 aliphatic rings. The van der Waals surface area contributed by atoms with Crippen molar-refractivity contribution in [1.29, 1.82) is 0 Å². The number of methoxy groups -OCH3 is 1. The summed E-state index contributed by atoms with van der Waals surface area (Å²) >= 11 is 0. The average molecular weight is 281 g/mol. The summed E-state index contributed by atoms with van der Waals surface area (Å²) in [6, 6.07) is 0. The van der Waals surface area contributed by atoms with Gasteiger partial charge in [0.05, 0.1) is 12.7 Å². The minimum atomic E-state index is 0.297. The molecule has 0 amide bonds. The lowest BCUT2D eigenvalue weighted by atomic mass is 10.2. The smallest absolute Gasteiger partial charge is 0.106 e. The Morgan fingerprint density at radius 1 is 1.55 bits per heavy atom. The van der Waals surface area contributed by atoms with Crippen LogP contribution >= 0.6 is 0 Å². The molecule has 1 fully saturated rings. The van der Waals surface area contributed by atoms with Crippen LogP contribution in [0, 0.1) is 0 Å². The van der Waals surface area contributed by atoms with Crippen LogP contribution in [-0.4, -0.2) is 54.4 Å². The molecule has 0 spiro atoms. The van der Waals surface area contributed by atoms with Crippen LogP contribution in [-0.2, 0) is 22.4 Å². The molecule has 5 nitrogen and oxygen atoms in total. The number of aromatic amines is 1. The Balaban J connectivity index is 1.78. The number of aryl methyl sites for hydroxylation is 1. The Labute approximate surface area is 121 Å². The molecule has 20 heavy (non-hydrogen) atoms. The van der Waals surface area contributed by atoms with Gasteiger partial charge in [0.15, 0.2) is 0 Å². The Morgan fingerprint density at radius 2 is 2.45 bits per heavy atom. The van der Waals surface area contributed by atoms with Crippen LogP contribution < -0.4 is 0 Å². The fourth-order valence-corrected chi connectivity index (χ4v) is 2.55. The first-order chi connectivity index (χ1) is 9.81. The summed E-state index contributed by atoms with van der Waals surface area (Å²) in [5.41, 5.74) is 1.21. The Morgan fingerprint density at radius 3 is 3.25 bits per heavy atom. The second kappa shape index (κ2) is 8.39. The van der Waals surface area contributed by atoms with Gasteiger partial charge in [0, 0.05) is 51.7 Å².